The highest BCUT2D eigenvalue weighted by molar-refractivity contribution is 5.15. The number of allylic oxidation sites excluding steroid dienone is 1. The first-order valence-electron chi connectivity index (χ1n) is 2.80. The van der Waals surface area contributed by atoms with Crippen LogP contribution in [0.1, 0.15) is 0 Å². The molecule has 0 amide bonds. The third-order valence-corrected chi connectivity index (χ3v) is 1.20. The molecule has 9 heteroatoms. The zero-order valence-corrected chi connectivity index (χ0v) is 5.98. The molecule has 0 radical (unpaired) electrons. The Bertz CT molecular complexity index is 234. The Morgan fingerprint density at radius 2 is 1.21 bits per heavy atom. The van der Waals surface area contributed by atoms with Gasteiger partial charge in [-0.1, -0.05) is 0 Å². The molecule has 0 aromatic carbocycles. The largest absolute Gasteiger partial charge is 0.435 e. The quantitative estimate of drug-likeness (QED) is 0.638. The van der Waals surface area contributed by atoms with Crippen molar-refractivity contribution in [3.05, 3.63) is 11.9 Å². The van der Waals surface area contributed by atoms with Gasteiger partial charge in [0.2, 0.25) is 5.83 Å². The number of hydrogen-bond donors (Lipinski definition) is 0. The minimum atomic E-state index is -6.45. The Labute approximate surface area is 71.0 Å². The lowest BCUT2D eigenvalue weighted by molar-refractivity contribution is -0.258. The Kier molecular flexibility index (Phi) is 3.46. The fourth-order valence-corrected chi connectivity index (χ4v) is 0.481. The second-order valence-electron chi connectivity index (χ2n) is 2.08. The van der Waals surface area contributed by atoms with Crippen molar-refractivity contribution >= 4 is 0 Å². The summed E-state index contributed by atoms with van der Waals surface area (Å²) in [6.07, 6.45) is -15.2. The molecule has 0 saturated carbocycles. The van der Waals surface area contributed by atoms with Crippen molar-refractivity contribution in [2.45, 2.75) is 18.3 Å². The Balaban J connectivity index is 5.47. The van der Waals surface area contributed by atoms with Crippen LogP contribution in [0.25, 0.3) is 0 Å². The summed E-state index contributed by atoms with van der Waals surface area (Å²) < 4.78 is 104. The number of alkyl halides is 6. The van der Waals surface area contributed by atoms with Gasteiger partial charge in [-0.25, -0.2) is 17.6 Å². The Morgan fingerprint density at radius 3 is 1.29 bits per heavy atom. The molecule has 0 nitrogen and oxygen atoms in total. The van der Waals surface area contributed by atoms with Crippen LogP contribution in [-0.2, 0) is 0 Å². The average Bonchev–Trinajstić information content (AvgIpc) is 1.98. The monoisotopic (exact) mass is 232 g/mol. The van der Waals surface area contributed by atoms with E-state index in [1.807, 2.05) is 0 Å². The predicted octanol–water partition coefficient (Wildman–Crippen LogP) is 3.60. The number of halogens is 9. The van der Waals surface area contributed by atoms with Gasteiger partial charge in [0, 0.05) is 0 Å². The summed E-state index contributed by atoms with van der Waals surface area (Å²) >= 11 is 0. The lowest BCUT2D eigenvalue weighted by Crippen LogP contribution is -2.48. The molecule has 0 bridgehead atoms. The first-order chi connectivity index (χ1) is 6.05. The van der Waals surface area contributed by atoms with E-state index in [-0.39, 0.29) is 0 Å². The van der Waals surface area contributed by atoms with Crippen molar-refractivity contribution in [1.29, 1.82) is 0 Å². The van der Waals surface area contributed by atoms with Crippen LogP contribution in [0.3, 0.4) is 0 Å². The van der Waals surface area contributed by atoms with Crippen molar-refractivity contribution in [2.24, 2.45) is 0 Å². The van der Waals surface area contributed by atoms with Crippen molar-refractivity contribution in [3.63, 3.8) is 0 Å². The minimum Gasteiger partial charge on any atom is -0.219 e. The van der Waals surface area contributed by atoms with Gasteiger partial charge in [0.05, 0.1) is 0 Å². The third-order valence-electron chi connectivity index (χ3n) is 1.20. The third kappa shape index (κ3) is 1.95. The SMILES string of the molecule is FC(F)=C(F)C(F)(C(F)F)C(F)(F)F. The van der Waals surface area contributed by atoms with Gasteiger partial charge in [-0.15, -0.1) is 0 Å². The van der Waals surface area contributed by atoms with E-state index in [1.165, 1.54) is 0 Å². The Morgan fingerprint density at radius 1 is 0.857 bits per heavy atom. The molecule has 0 aromatic rings. The van der Waals surface area contributed by atoms with E-state index in [2.05, 4.69) is 0 Å². The normalized spacial score (nSPS) is 16.7. The molecule has 0 aliphatic rings. The number of rotatable bonds is 2. The van der Waals surface area contributed by atoms with Crippen LogP contribution in [0.4, 0.5) is 39.5 Å². The van der Waals surface area contributed by atoms with E-state index in [0.29, 0.717) is 0 Å². The average molecular weight is 232 g/mol. The van der Waals surface area contributed by atoms with Gasteiger partial charge in [-0.05, 0) is 0 Å². The summed E-state index contributed by atoms with van der Waals surface area (Å²) in [5.74, 6) is -3.82. The highest BCUT2D eigenvalue weighted by Gasteiger charge is 2.67. The number of hydrogen-bond acceptors (Lipinski definition) is 0. The van der Waals surface area contributed by atoms with Crippen molar-refractivity contribution in [2.75, 3.05) is 0 Å². The van der Waals surface area contributed by atoms with Gasteiger partial charge < -0.3 is 0 Å². The van der Waals surface area contributed by atoms with Gasteiger partial charge >= 0.3 is 17.9 Å². The molecule has 1 atom stereocenters. The molecule has 0 aliphatic carbocycles. The van der Waals surface area contributed by atoms with E-state index >= 15 is 0 Å². The zero-order chi connectivity index (χ0) is 11.7. The smallest absolute Gasteiger partial charge is 0.219 e. The zero-order valence-electron chi connectivity index (χ0n) is 5.98. The van der Waals surface area contributed by atoms with Gasteiger partial charge in [-0.3, -0.25) is 0 Å². The van der Waals surface area contributed by atoms with Crippen LogP contribution in [0.5, 0.6) is 0 Å². The second kappa shape index (κ2) is 3.70. The van der Waals surface area contributed by atoms with Gasteiger partial charge in [-0.2, -0.15) is 22.0 Å². The summed E-state index contributed by atoms with van der Waals surface area (Å²) in [7, 11) is 0. The van der Waals surface area contributed by atoms with E-state index in [9.17, 15) is 39.5 Å². The van der Waals surface area contributed by atoms with Crippen LogP contribution < -0.4 is 0 Å². The van der Waals surface area contributed by atoms with Crippen molar-refractivity contribution < 1.29 is 39.5 Å². The lowest BCUT2D eigenvalue weighted by atomic mass is 10.1. The van der Waals surface area contributed by atoms with Crippen molar-refractivity contribution in [3.8, 4) is 0 Å². The van der Waals surface area contributed by atoms with Gasteiger partial charge in [0.15, 0.2) is 0 Å². The summed E-state index contributed by atoms with van der Waals surface area (Å²) in [4.78, 5) is 0. The maximum Gasteiger partial charge on any atom is 0.435 e. The van der Waals surface area contributed by atoms with Crippen LogP contribution in [0.15, 0.2) is 11.9 Å². The molecule has 14 heavy (non-hydrogen) atoms. The maximum atomic E-state index is 12.3. The van der Waals surface area contributed by atoms with Crippen LogP contribution in [0, 0.1) is 0 Å². The molecular weight excluding hydrogens is 231 g/mol. The fraction of sp³-hybridized carbons (Fsp3) is 0.600. The molecule has 0 saturated heterocycles. The molecule has 1 unspecified atom stereocenters. The first-order valence-corrected chi connectivity index (χ1v) is 2.80. The topological polar surface area (TPSA) is 0 Å². The molecule has 0 rings (SSSR count). The Hall–Kier alpha value is -0.890. The first kappa shape index (κ1) is 13.1. The van der Waals surface area contributed by atoms with Crippen LogP contribution in [0.2, 0.25) is 0 Å². The van der Waals surface area contributed by atoms with Crippen molar-refractivity contribution in [1.82, 2.24) is 0 Å². The van der Waals surface area contributed by atoms with E-state index in [1.54, 1.807) is 0 Å². The molecule has 0 aromatic heterocycles. The molecular formula is C5HF9. The lowest BCUT2D eigenvalue weighted by Gasteiger charge is -2.24. The van der Waals surface area contributed by atoms with Crippen LogP contribution in [-0.4, -0.2) is 18.3 Å². The summed E-state index contributed by atoms with van der Waals surface area (Å²) in [5.41, 5.74) is -5.95. The van der Waals surface area contributed by atoms with E-state index in [4.69, 9.17) is 0 Å². The summed E-state index contributed by atoms with van der Waals surface area (Å²) in [6.45, 7) is 0. The van der Waals surface area contributed by atoms with Crippen LogP contribution >= 0.6 is 0 Å². The fourth-order valence-electron chi connectivity index (χ4n) is 0.481. The molecule has 0 aliphatic heterocycles. The highest BCUT2D eigenvalue weighted by atomic mass is 19.4. The maximum absolute atomic E-state index is 12.3. The molecule has 84 valence electrons. The summed E-state index contributed by atoms with van der Waals surface area (Å²) in [5, 5.41) is 0. The second-order valence-corrected chi connectivity index (χ2v) is 2.08. The van der Waals surface area contributed by atoms with E-state index < -0.39 is 30.2 Å². The standard InChI is InChI=1S/C5HF9/c6-1(2(7)8)4(11,3(9)10)5(12,13)14/h3H. The predicted molar refractivity (Wildman–Crippen MR) is 26.2 cm³/mol. The molecule has 0 N–H and O–H groups in total. The van der Waals surface area contributed by atoms with Gasteiger partial charge in [0.25, 0.3) is 6.43 Å². The minimum absolute atomic E-state index is 3.77. The highest BCUT2D eigenvalue weighted by Crippen LogP contribution is 2.46. The summed E-state index contributed by atoms with van der Waals surface area (Å²) in [6, 6.07) is 0. The molecule has 0 heterocycles. The molecule has 0 fully saturated rings. The molecule has 0 spiro atoms. The van der Waals surface area contributed by atoms with E-state index in [0.717, 1.165) is 0 Å². The van der Waals surface area contributed by atoms with Gasteiger partial charge in [0.1, 0.15) is 0 Å².